The van der Waals surface area contributed by atoms with Crippen LogP contribution in [-0.4, -0.2) is 39.3 Å². The molecule has 2 heterocycles. The van der Waals surface area contributed by atoms with Crippen molar-refractivity contribution in [3.05, 3.63) is 12.3 Å². The number of carboxylic acid groups (broad SMARTS) is 1. The second-order valence-electron chi connectivity index (χ2n) is 4.11. The van der Waals surface area contributed by atoms with Gasteiger partial charge in [0.2, 0.25) is 0 Å². The molecule has 0 aromatic carbocycles. The molecule has 0 radical (unpaired) electrons. The molecule has 2 fully saturated rings. The van der Waals surface area contributed by atoms with Gasteiger partial charge in [-0.3, -0.25) is 0 Å². The number of aliphatic carboxylic acids is 1. The molecular formula is C10H15NO3. The number of rotatable bonds is 2. The van der Waals surface area contributed by atoms with Crippen LogP contribution in [-0.2, 0) is 4.79 Å². The Morgan fingerprint density at radius 1 is 1.29 bits per heavy atom. The van der Waals surface area contributed by atoms with Gasteiger partial charge in [-0.15, -0.1) is 0 Å². The molecule has 78 valence electrons. The van der Waals surface area contributed by atoms with Gasteiger partial charge in [0.1, 0.15) is 0 Å². The maximum Gasteiger partial charge on any atom is 0.329 e. The molecule has 2 saturated heterocycles. The molecular weight excluding hydrogens is 182 g/mol. The van der Waals surface area contributed by atoms with Gasteiger partial charge in [0.15, 0.2) is 0 Å². The lowest BCUT2D eigenvalue weighted by atomic mass is 10.0. The molecule has 2 bridgehead atoms. The molecule has 2 aliphatic heterocycles. The molecule has 0 saturated carbocycles. The van der Waals surface area contributed by atoms with Gasteiger partial charge in [0.25, 0.3) is 0 Å². The van der Waals surface area contributed by atoms with Crippen LogP contribution in [0.1, 0.15) is 25.7 Å². The Morgan fingerprint density at radius 2 is 1.86 bits per heavy atom. The number of carbonyl (C=O) groups is 1. The van der Waals surface area contributed by atoms with Gasteiger partial charge < -0.3 is 15.1 Å². The van der Waals surface area contributed by atoms with Gasteiger partial charge >= 0.3 is 5.97 Å². The fourth-order valence-electron chi connectivity index (χ4n) is 2.58. The molecule has 2 atom stereocenters. The third kappa shape index (κ3) is 1.75. The summed E-state index contributed by atoms with van der Waals surface area (Å²) in [5, 5.41) is 18.0. The topological polar surface area (TPSA) is 60.8 Å². The summed E-state index contributed by atoms with van der Waals surface area (Å²) < 4.78 is 0. The molecule has 2 rings (SSSR count). The zero-order chi connectivity index (χ0) is 10.1. The summed E-state index contributed by atoms with van der Waals surface area (Å²) >= 11 is 0. The minimum absolute atomic E-state index is 0.193. The highest BCUT2D eigenvalue weighted by atomic mass is 16.4. The van der Waals surface area contributed by atoms with Crippen molar-refractivity contribution in [3.8, 4) is 0 Å². The van der Waals surface area contributed by atoms with Crippen LogP contribution in [0, 0.1) is 0 Å². The van der Waals surface area contributed by atoms with E-state index in [1.165, 1.54) is 6.08 Å². The molecule has 14 heavy (non-hydrogen) atoms. The van der Waals surface area contributed by atoms with E-state index in [0.717, 1.165) is 25.7 Å². The number of fused-ring (bicyclic) bond motifs is 2. The van der Waals surface area contributed by atoms with Crippen LogP contribution in [0.25, 0.3) is 0 Å². The van der Waals surface area contributed by atoms with Gasteiger partial charge in [-0.2, -0.15) is 0 Å². The fraction of sp³-hybridized carbons (Fsp3) is 0.700. The highest BCUT2D eigenvalue weighted by Gasteiger charge is 2.38. The minimum Gasteiger partial charge on any atom is -0.478 e. The first-order chi connectivity index (χ1) is 6.66. The summed E-state index contributed by atoms with van der Waals surface area (Å²) in [6.45, 7) is 0. The number of carboxylic acids is 1. The molecule has 4 nitrogen and oxygen atoms in total. The number of hydrogen-bond donors (Lipinski definition) is 2. The van der Waals surface area contributed by atoms with Gasteiger partial charge in [0.05, 0.1) is 6.10 Å². The normalized spacial score (nSPS) is 36.6. The maximum atomic E-state index is 10.4. The van der Waals surface area contributed by atoms with E-state index in [0.29, 0.717) is 12.1 Å². The van der Waals surface area contributed by atoms with Gasteiger partial charge in [-0.1, -0.05) is 0 Å². The summed E-state index contributed by atoms with van der Waals surface area (Å²) in [6, 6.07) is 0.693. The second-order valence-corrected chi connectivity index (χ2v) is 4.11. The number of piperidine rings is 1. The monoisotopic (exact) mass is 197 g/mol. The van der Waals surface area contributed by atoms with Crippen LogP contribution in [0.3, 0.4) is 0 Å². The van der Waals surface area contributed by atoms with Crippen molar-refractivity contribution in [1.82, 2.24) is 4.90 Å². The molecule has 2 aliphatic rings. The maximum absolute atomic E-state index is 10.4. The van der Waals surface area contributed by atoms with Crippen molar-refractivity contribution in [1.29, 1.82) is 0 Å². The zero-order valence-corrected chi connectivity index (χ0v) is 7.97. The highest BCUT2D eigenvalue weighted by Crippen LogP contribution is 2.35. The van der Waals surface area contributed by atoms with E-state index >= 15 is 0 Å². The van der Waals surface area contributed by atoms with E-state index in [2.05, 4.69) is 4.90 Å². The van der Waals surface area contributed by atoms with E-state index < -0.39 is 5.97 Å². The second kappa shape index (κ2) is 3.61. The van der Waals surface area contributed by atoms with Crippen molar-refractivity contribution in [2.45, 2.75) is 43.9 Å². The van der Waals surface area contributed by atoms with Crippen molar-refractivity contribution in [3.63, 3.8) is 0 Å². The summed E-state index contributed by atoms with van der Waals surface area (Å²) in [5.74, 6) is -0.907. The Balaban J connectivity index is 2.04. The van der Waals surface area contributed by atoms with Crippen LogP contribution in [0.5, 0.6) is 0 Å². The fourth-order valence-corrected chi connectivity index (χ4v) is 2.58. The molecule has 0 spiro atoms. The molecule has 2 unspecified atom stereocenters. The minimum atomic E-state index is -0.907. The molecule has 2 N–H and O–H groups in total. The predicted octanol–water partition coefficient (Wildman–Crippen LogP) is 0.572. The quantitative estimate of drug-likeness (QED) is 0.635. The lowest BCUT2D eigenvalue weighted by Crippen LogP contribution is -2.41. The first kappa shape index (κ1) is 9.52. The van der Waals surface area contributed by atoms with Crippen LogP contribution >= 0.6 is 0 Å². The van der Waals surface area contributed by atoms with Gasteiger partial charge in [-0.05, 0) is 25.7 Å². The highest BCUT2D eigenvalue weighted by molar-refractivity contribution is 5.79. The number of aliphatic hydroxyl groups is 1. The van der Waals surface area contributed by atoms with E-state index in [-0.39, 0.29) is 6.10 Å². The Labute approximate surface area is 82.8 Å². The van der Waals surface area contributed by atoms with Crippen molar-refractivity contribution >= 4 is 5.97 Å². The lowest BCUT2D eigenvalue weighted by Gasteiger charge is -2.36. The van der Waals surface area contributed by atoms with Crippen molar-refractivity contribution < 1.29 is 15.0 Å². The van der Waals surface area contributed by atoms with Crippen LogP contribution in [0.2, 0.25) is 0 Å². The number of hydrogen-bond acceptors (Lipinski definition) is 3. The Morgan fingerprint density at radius 3 is 2.36 bits per heavy atom. The van der Waals surface area contributed by atoms with Crippen molar-refractivity contribution in [2.75, 3.05) is 0 Å². The van der Waals surface area contributed by atoms with Gasteiger partial charge in [0, 0.05) is 24.4 Å². The van der Waals surface area contributed by atoms with Crippen LogP contribution in [0.15, 0.2) is 12.3 Å². The number of aliphatic hydroxyl groups excluding tert-OH is 1. The molecule has 0 aromatic rings. The first-order valence-electron chi connectivity index (χ1n) is 5.03. The molecule has 0 aliphatic carbocycles. The third-order valence-electron chi connectivity index (χ3n) is 3.15. The van der Waals surface area contributed by atoms with E-state index in [1.807, 2.05) is 0 Å². The van der Waals surface area contributed by atoms with Crippen LogP contribution in [0.4, 0.5) is 0 Å². The Bertz CT molecular complexity index is 250. The predicted molar refractivity (Wildman–Crippen MR) is 50.7 cm³/mol. The molecule has 0 amide bonds. The Hall–Kier alpha value is -1.03. The zero-order valence-electron chi connectivity index (χ0n) is 7.97. The average Bonchev–Trinajstić information content (AvgIpc) is 2.34. The number of nitrogens with zero attached hydrogens (tertiary/aromatic N) is 1. The molecule has 0 aromatic heterocycles. The van der Waals surface area contributed by atoms with E-state index in [1.54, 1.807) is 6.20 Å². The van der Waals surface area contributed by atoms with E-state index in [4.69, 9.17) is 5.11 Å². The van der Waals surface area contributed by atoms with Crippen molar-refractivity contribution in [2.24, 2.45) is 0 Å². The van der Waals surface area contributed by atoms with Crippen LogP contribution < -0.4 is 0 Å². The van der Waals surface area contributed by atoms with E-state index in [9.17, 15) is 9.90 Å². The SMILES string of the molecule is O=C(O)C=CN1C2CCC1CC(O)C2. The first-order valence-corrected chi connectivity index (χ1v) is 5.03. The summed E-state index contributed by atoms with van der Waals surface area (Å²) in [5.41, 5.74) is 0. The van der Waals surface area contributed by atoms with Gasteiger partial charge in [-0.25, -0.2) is 4.79 Å². The largest absolute Gasteiger partial charge is 0.478 e. The molecule has 4 heteroatoms. The summed E-state index contributed by atoms with van der Waals surface area (Å²) in [7, 11) is 0. The smallest absolute Gasteiger partial charge is 0.329 e. The summed E-state index contributed by atoms with van der Waals surface area (Å²) in [6.07, 6.45) is 6.36. The Kier molecular flexibility index (Phi) is 2.46. The average molecular weight is 197 g/mol. The summed E-state index contributed by atoms with van der Waals surface area (Å²) in [4.78, 5) is 12.5. The third-order valence-corrected chi connectivity index (χ3v) is 3.15. The standard InChI is InChI=1S/C10H15NO3/c12-9-5-7-1-2-8(6-9)11(7)4-3-10(13)14/h3-4,7-9,12H,1-2,5-6H2,(H,13,14). The lowest BCUT2D eigenvalue weighted by molar-refractivity contribution is -0.131.